The fourth-order valence-corrected chi connectivity index (χ4v) is 5.64. The molecule has 6 aromatic rings. The quantitative estimate of drug-likeness (QED) is 0.226. The zero-order chi connectivity index (χ0) is 26.9. The summed E-state index contributed by atoms with van der Waals surface area (Å²) in [7, 11) is 0. The number of imidazole rings is 1. The molecule has 7 rings (SSSR count). The highest BCUT2D eigenvalue weighted by Crippen LogP contribution is 2.33. The van der Waals surface area contributed by atoms with Crippen LogP contribution in [-0.2, 0) is 4.79 Å². The van der Waals surface area contributed by atoms with Gasteiger partial charge in [0, 0.05) is 36.0 Å². The van der Waals surface area contributed by atoms with Crippen molar-refractivity contribution in [2.75, 3.05) is 5.32 Å². The van der Waals surface area contributed by atoms with Gasteiger partial charge in [-0.3, -0.25) is 24.8 Å². The smallest absolute Gasteiger partial charge is 0.224 e. The van der Waals surface area contributed by atoms with Gasteiger partial charge in [0.1, 0.15) is 16.9 Å². The molecule has 0 spiro atoms. The second-order valence-corrected chi connectivity index (χ2v) is 10.4. The molecule has 0 aliphatic heterocycles. The first-order chi connectivity index (χ1) is 19.7. The summed E-state index contributed by atoms with van der Waals surface area (Å²) < 4.78 is 0. The van der Waals surface area contributed by atoms with Crippen LogP contribution in [-0.4, -0.2) is 41.0 Å². The number of carbonyl (C=O) groups excluding carboxylic acids is 1. The predicted octanol–water partition coefficient (Wildman–Crippen LogP) is 6.53. The number of rotatable bonds is 6. The largest absolute Gasteiger partial charge is 0.336 e. The van der Waals surface area contributed by atoms with Crippen LogP contribution < -0.4 is 5.32 Å². The maximum atomic E-state index is 12.7. The number of aromatic amines is 2. The molecule has 3 N–H and O–H groups in total. The van der Waals surface area contributed by atoms with Gasteiger partial charge in [-0.15, -0.1) is 0 Å². The summed E-state index contributed by atoms with van der Waals surface area (Å²) in [4.78, 5) is 34.4. The summed E-state index contributed by atoms with van der Waals surface area (Å²) in [6.45, 7) is 0. The Morgan fingerprint density at radius 3 is 2.70 bits per heavy atom. The van der Waals surface area contributed by atoms with E-state index in [4.69, 9.17) is 4.98 Å². The number of pyridine rings is 3. The topological polar surface area (TPSA) is 125 Å². The third-order valence-electron chi connectivity index (χ3n) is 7.65. The van der Waals surface area contributed by atoms with Gasteiger partial charge in [-0.2, -0.15) is 5.10 Å². The first-order valence-corrected chi connectivity index (χ1v) is 13.7. The van der Waals surface area contributed by atoms with E-state index in [9.17, 15) is 4.79 Å². The molecular weight excluding hydrogens is 500 g/mol. The number of carbonyl (C=O) groups is 1. The van der Waals surface area contributed by atoms with Gasteiger partial charge < -0.3 is 10.3 Å². The number of H-pyrrole nitrogens is 2. The van der Waals surface area contributed by atoms with Crippen LogP contribution in [0.2, 0.25) is 0 Å². The highest BCUT2D eigenvalue weighted by Gasteiger charge is 2.19. The van der Waals surface area contributed by atoms with E-state index in [0.29, 0.717) is 29.5 Å². The van der Waals surface area contributed by atoms with E-state index in [-0.39, 0.29) is 5.91 Å². The SMILES string of the molecule is O=C(CC1CCCCC1)Nc1cncc(-c2ccc3[nH]nc(-c4nc5c(-c6ccccn6)nccc5[nH]4)c3c2)c1. The van der Waals surface area contributed by atoms with E-state index in [1.807, 2.05) is 48.7 Å². The standard InChI is InChI=1S/C31H28N8O/c40-27(14-19-6-2-1-3-7-19)35-22-15-21(17-32-18-22)20-9-10-24-23(16-20)28(39-38-24)31-36-26-11-13-34-29(30(26)37-31)25-8-4-5-12-33-25/h4-5,8-13,15-19H,1-3,6-7,14H2,(H,35,40)(H,36,37)(H,38,39). The first kappa shape index (κ1) is 24.1. The summed E-state index contributed by atoms with van der Waals surface area (Å²) >= 11 is 0. The number of amides is 1. The van der Waals surface area contributed by atoms with Crippen LogP contribution in [0.15, 0.2) is 73.3 Å². The highest BCUT2D eigenvalue weighted by atomic mass is 16.1. The van der Waals surface area contributed by atoms with Crippen molar-refractivity contribution in [3.63, 3.8) is 0 Å². The fourth-order valence-electron chi connectivity index (χ4n) is 5.64. The molecule has 1 aromatic carbocycles. The molecule has 1 aliphatic carbocycles. The zero-order valence-corrected chi connectivity index (χ0v) is 21.9. The molecule has 9 heteroatoms. The molecule has 1 saturated carbocycles. The molecule has 0 unspecified atom stereocenters. The number of nitrogens with zero attached hydrogens (tertiary/aromatic N) is 5. The van der Waals surface area contributed by atoms with Gasteiger partial charge in [-0.1, -0.05) is 31.4 Å². The van der Waals surface area contributed by atoms with Gasteiger partial charge in [0.05, 0.1) is 28.6 Å². The molecule has 0 radical (unpaired) electrons. The van der Waals surface area contributed by atoms with Crippen molar-refractivity contribution < 1.29 is 4.79 Å². The van der Waals surface area contributed by atoms with Crippen LogP contribution in [0.25, 0.3) is 56.0 Å². The molecule has 5 heterocycles. The summed E-state index contributed by atoms with van der Waals surface area (Å²) in [6.07, 6.45) is 13.6. The average Bonchev–Trinajstić information content (AvgIpc) is 3.62. The Morgan fingerprint density at radius 2 is 1.82 bits per heavy atom. The number of benzene rings is 1. The van der Waals surface area contributed by atoms with Crippen molar-refractivity contribution in [1.82, 2.24) is 35.1 Å². The van der Waals surface area contributed by atoms with Crippen LogP contribution in [0.5, 0.6) is 0 Å². The third-order valence-corrected chi connectivity index (χ3v) is 7.65. The fraction of sp³-hybridized carbons (Fsp3) is 0.226. The molecule has 5 aromatic heterocycles. The molecule has 0 bridgehead atoms. The second kappa shape index (κ2) is 10.3. The lowest BCUT2D eigenvalue weighted by molar-refractivity contribution is -0.117. The molecule has 0 atom stereocenters. The Labute approximate surface area is 230 Å². The predicted molar refractivity (Wildman–Crippen MR) is 155 cm³/mol. The second-order valence-electron chi connectivity index (χ2n) is 10.4. The summed E-state index contributed by atoms with van der Waals surface area (Å²) in [6, 6.07) is 15.7. The summed E-state index contributed by atoms with van der Waals surface area (Å²) in [5.74, 6) is 1.19. The monoisotopic (exact) mass is 528 g/mol. The zero-order valence-electron chi connectivity index (χ0n) is 21.9. The lowest BCUT2D eigenvalue weighted by Crippen LogP contribution is -2.18. The summed E-state index contributed by atoms with van der Waals surface area (Å²) in [5, 5.41) is 11.7. The van der Waals surface area contributed by atoms with Gasteiger partial charge in [0.15, 0.2) is 5.82 Å². The minimum absolute atomic E-state index is 0.0582. The van der Waals surface area contributed by atoms with Crippen molar-refractivity contribution in [1.29, 1.82) is 0 Å². The molecule has 1 aliphatic rings. The minimum atomic E-state index is 0.0582. The van der Waals surface area contributed by atoms with Crippen LogP contribution in [0.4, 0.5) is 5.69 Å². The number of anilines is 1. The van der Waals surface area contributed by atoms with E-state index >= 15 is 0 Å². The third kappa shape index (κ3) is 4.70. The Balaban J connectivity index is 1.19. The van der Waals surface area contributed by atoms with Crippen molar-refractivity contribution in [2.24, 2.45) is 5.92 Å². The van der Waals surface area contributed by atoms with Crippen molar-refractivity contribution in [3.05, 3.63) is 73.3 Å². The maximum Gasteiger partial charge on any atom is 0.224 e. The lowest BCUT2D eigenvalue weighted by atomic mass is 9.87. The molecule has 9 nitrogen and oxygen atoms in total. The highest BCUT2D eigenvalue weighted by molar-refractivity contribution is 5.97. The van der Waals surface area contributed by atoms with Crippen molar-refractivity contribution in [2.45, 2.75) is 38.5 Å². The molecule has 1 amide bonds. The van der Waals surface area contributed by atoms with Gasteiger partial charge in [0.25, 0.3) is 0 Å². The number of hydrogen-bond acceptors (Lipinski definition) is 6. The van der Waals surface area contributed by atoms with E-state index < -0.39 is 0 Å². The molecule has 198 valence electrons. The lowest BCUT2D eigenvalue weighted by Gasteiger charge is -2.20. The number of nitrogens with one attached hydrogen (secondary N) is 3. The molecule has 0 saturated heterocycles. The van der Waals surface area contributed by atoms with Gasteiger partial charge in [0.2, 0.25) is 5.91 Å². The van der Waals surface area contributed by atoms with E-state index in [2.05, 4.69) is 41.5 Å². The Morgan fingerprint density at radius 1 is 0.900 bits per heavy atom. The normalized spacial score (nSPS) is 14.1. The number of hydrogen-bond donors (Lipinski definition) is 3. The minimum Gasteiger partial charge on any atom is -0.336 e. The Kier molecular flexibility index (Phi) is 6.24. The number of fused-ring (bicyclic) bond motifs is 2. The van der Waals surface area contributed by atoms with Gasteiger partial charge in [-0.05, 0) is 60.7 Å². The van der Waals surface area contributed by atoms with Crippen molar-refractivity contribution >= 4 is 33.5 Å². The Hall–Kier alpha value is -4.92. The number of aromatic nitrogens is 7. The molecule has 40 heavy (non-hydrogen) atoms. The Bertz CT molecular complexity index is 1820. The van der Waals surface area contributed by atoms with Gasteiger partial charge >= 0.3 is 0 Å². The van der Waals surface area contributed by atoms with Crippen LogP contribution in [0.3, 0.4) is 0 Å². The van der Waals surface area contributed by atoms with Crippen LogP contribution in [0.1, 0.15) is 38.5 Å². The molecular formula is C31H28N8O. The van der Waals surface area contributed by atoms with E-state index in [1.54, 1.807) is 18.6 Å². The summed E-state index contributed by atoms with van der Waals surface area (Å²) in [5.41, 5.74) is 7.28. The van der Waals surface area contributed by atoms with Crippen LogP contribution in [0, 0.1) is 5.92 Å². The van der Waals surface area contributed by atoms with E-state index in [0.717, 1.165) is 57.3 Å². The molecule has 1 fully saturated rings. The maximum absolute atomic E-state index is 12.7. The first-order valence-electron chi connectivity index (χ1n) is 13.7. The van der Waals surface area contributed by atoms with E-state index in [1.165, 1.54) is 19.3 Å². The van der Waals surface area contributed by atoms with Gasteiger partial charge in [-0.25, -0.2) is 4.98 Å². The van der Waals surface area contributed by atoms with Crippen molar-refractivity contribution in [3.8, 4) is 34.0 Å². The van der Waals surface area contributed by atoms with Crippen LogP contribution >= 0.6 is 0 Å². The average molecular weight is 529 g/mol.